The van der Waals surface area contributed by atoms with E-state index in [2.05, 4.69) is 36.1 Å². The Morgan fingerprint density at radius 2 is 2.00 bits per heavy atom. The minimum atomic E-state index is 0.452. The van der Waals surface area contributed by atoms with Gasteiger partial charge in [-0.1, -0.05) is 42.9 Å². The van der Waals surface area contributed by atoms with Crippen molar-refractivity contribution in [2.24, 2.45) is 0 Å². The van der Waals surface area contributed by atoms with E-state index in [9.17, 15) is 0 Å². The number of rotatable bonds is 6. The standard InChI is InChI=1S/C15H18N4OS2/c1-10(2)21-9-13-16-17-15-19(13)18-14(22-15)8-20-12-6-4-11(3)5-7-12/h4-7,10H,8-9H2,1-3H3. The zero-order valence-corrected chi connectivity index (χ0v) is 14.4. The van der Waals surface area contributed by atoms with Crippen LogP contribution in [0.3, 0.4) is 0 Å². The molecule has 0 fully saturated rings. The summed E-state index contributed by atoms with van der Waals surface area (Å²) in [6.07, 6.45) is 0. The highest BCUT2D eigenvalue weighted by atomic mass is 32.2. The van der Waals surface area contributed by atoms with Crippen molar-refractivity contribution in [3.8, 4) is 5.75 Å². The molecule has 116 valence electrons. The van der Waals surface area contributed by atoms with Crippen molar-refractivity contribution in [1.29, 1.82) is 0 Å². The van der Waals surface area contributed by atoms with Crippen molar-refractivity contribution >= 4 is 28.1 Å². The van der Waals surface area contributed by atoms with E-state index in [-0.39, 0.29) is 0 Å². The molecule has 0 unspecified atom stereocenters. The largest absolute Gasteiger partial charge is 0.486 e. The van der Waals surface area contributed by atoms with Crippen LogP contribution in [-0.4, -0.2) is 25.1 Å². The van der Waals surface area contributed by atoms with Gasteiger partial charge in [-0.15, -0.1) is 10.2 Å². The molecule has 0 saturated carbocycles. The third kappa shape index (κ3) is 3.59. The van der Waals surface area contributed by atoms with Crippen LogP contribution in [0.2, 0.25) is 0 Å². The number of benzene rings is 1. The van der Waals surface area contributed by atoms with Crippen LogP contribution < -0.4 is 4.74 Å². The molecular weight excluding hydrogens is 316 g/mol. The molecule has 3 aromatic rings. The maximum absolute atomic E-state index is 5.77. The number of thioether (sulfide) groups is 1. The molecule has 0 aliphatic heterocycles. The maximum atomic E-state index is 5.77. The molecule has 0 atom stereocenters. The molecule has 0 aliphatic carbocycles. The van der Waals surface area contributed by atoms with Crippen molar-refractivity contribution in [3.63, 3.8) is 0 Å². The molecule has 2 heterocycles. The number of nitrogens with zero attached hydrogens (tertiary/aromatic N) is 4. The zero-order valence-electron chi connectivity index (χ0n) is 12.8. The van der Waals surface area contributed by atoms with E-state index >= 15 is 0 Å². The van der Waals surface area contributed by atoms with Gasteiger partial charge in [0, 0.05) is 0 Å². The summed E-state index contributed by atoms with van der Waals surface area (Å²) in [4.78, 5) is 0.821. The molecule has 0 radical (unpaired) electrons. The van der Waals surface area contributed by atoms with E-state index in [0.29, 0.717) is 11.9 Å². The van der Waals surface area contributed by atoms with Gasteiger partial charge in [0.25, 0.3) is 0 Å². The minimum Gasteiger partial charge on any atom is -0.486 e. The Hall–Kier alpha value is -1.60. The van der Waals surface area contributed by atoms with Crippen LogP contribution in [-0.2, 0) is 12.4 Å². The van der Waals surface area contributed by atoms with Gasteiger partial charge in [-0.3, -0.25) is 0 Å². The molecule has 0 spiro atoms. The Labute approximate surface area is 137 Å². The smallest absolute Gasteiger partial charge is 0.234 e. The van der Waals surface area contributed by atoms with Crippen LogP contribution in [0.15, 0.2) is 24.3 Å². The van der Waals surface area contributed by atoms with Crippen LogP contribution in [0.1, 0.15) is 30.2 Å². The molecule has 0 N–H and O–H groups in total. The monoisotopic (exact) mass is 334 g/mol. The van der Waals surface area contributed by atoms with E-state index < -0.39 is 0 Å². The molecule has 1 aromatic carbocycles. The topological polar surface area (TPSA) is 52.3 Å². The average molecular weight is 334 g/mol. The molecule has 0 saturated heterocycles. The van der Waals surface area contributed by atoms with Crippen molar-refractivity contribution in [3.05, 3.63) is 40.7 Å². The fraction of sp³-hybridized carbons (Fsp3) is 0.400. The van der Waals surface area contributed by atoms with Crippen LogP contribution in [0.5, 0.6) is 5.75 Å². The predicted octanol–water partition coefficient (Wildman–Crippen LogP) is 3.71. The summed E-state index contributed by atoms with van der Waals surface area (Å²) in [5.74, 6) is 2.57. The molecule has 2 aromatic heterocycles. The lowest BCUT2D eigenvalue weighted by Gasteiger charge is -2.03. The van der Waals surface area contributed by atoms with Gasteiger partial charge in [0.15, 0.2) is 10.8 Å². The van der Waals surface area contributed by atoms with Gasteiger partial charge >= 0.3 is 0 Å². The lowest BCUT2D eigenvalue weighted by atomic mass is 10.2. The Morgan fingerprint density at radius 1 is 1.23 bits per heavy atom. The molecule has 7 heteroatoms. The summed E-state index contributed by atoms with van der Waals surface area (Å²) in [6.45, 7) is 6.85. The summed E-state index contributed by atoms with van der Waals surface area (Å²) in [6, 6.07) is 8.02. The van der Waals surface area contributed by atoms with Crippen molar-refractivity contribution in [2.75, 3.05) is 0 Å². The maximum Gasteiger partial charge on any atom is 0.234 e. The first-order valence-corrected chi connectivity index (χ1v) is 8.99. The number of ether oxygens (including phenoxy) is 1. The lowest BCUT2D eigenvalue weighted by molar-refractivity contribution is 0.304. The first kappa shape index (κ1) is 15.3. The second-order valence-electron chi connectivity index (χ2n) is 5.27. The molecule has 0 amide bonds. The zero-order chi connectivity index (χ0) is 15.5. The van der Waals surface area contributed by atoms with Crippen LogP contribution in [0.4, 0.5) is 0 Å². The number of hydrogen-bond donors (Lipinski definition) is 0. The molecule has 5 nitrogen and oxygen atoms in total. The van der Waals surface area contributed by atoms with Crippen molar-refractivity contribution < 1.29 is 4.74 Å². The average Bonchev–Trinajstić information content (AvgIpc) is 3.05. The third-order valence-electron chi connectivity index (χ3n) is 3.03. The van der Waals surface area contributed by atoms with E-state index in [1.807, 2.05) is 40.5 Å². The second kappa shape index (κ2) is 6.66. The summed E-state index contributed by atoms with van der Waals surface area (Å²) in [5.41, 5.74) is 1.22. The van der Waals surface area contributed by atoms with Gasteiger partial charge in [0.1, 0.15) is 12.4 Å². The SMILES string of the molecule is Cc1ccc(OCc2nn3c(CSC(C)C)nnc3s2)cc1. The van der Waals surface area contributed by atoms with Crippen molar-refractivity contribution in [1.82, 2.24) is 19.8 Å². The molecule has 0 aliphatic rings. The van der Waals surface area contributed by atoms with Gasteiger partial charge in [-0.05, 0) is 24.3 Å². The Morgan fingerprint density at radius 3 is 2.73 bits per heavy atom. The molecule has 0 bridgehead atoms. The fourth-order valence-corrected chi connectivity index (χ4v) is 3.29. The highest BCUT2D eigenvalue weighted by Crippen LogP contribution is 2.21. The molecule has 3 rings (SSSR count). The van der Waals surface area contributed by atoms with Gasteiger partial charge in [0.05, 0.1) is 5.75 Å². The van der Waals surface area contributed by atoms with Crippen LogP contribution >= 0.6 is 23.1 Å². The summed E-state index contributed by atoms with van der Waals surface area (Å²) in [5, 5.41) is 14.4. The molecule has 22 heavy (non-hydrogen) atoms. The van der Waals surface area contributed by atoms with Crippen LogP contribution in [0, 0.1) is 6.92 Å². The third-order valence-corrected chi connectivity index (χ3v) is 4.99. The number of aromatic nitrogens is 4. The highest BCUT2D eigenvalue weighted by Gasteiger charge is 2.12. The normalized spacial score (nSPS) is 11.5. The second-order valence-corrected chi connectivity index (χ2v) is 7.87. The first-order chi connectivity index (χ1) is 10.6. The first-order valence-electron chi connectivity index (χ1n) is 7.13. The quantitative estimate of drug-likeness (QED) is 0.688. The summed E-state index contributed by atoms with van der Waals surface area (Å²) < 4.78 is 7.59. The fourth-order valence-electron chi connectivity index (χ4n) is 1.87. The minimum absolute atomic E-state index is 0.452. The number of hydrogen-bond acceptors (Lipinski definition) is 6. The highest BCUT2D eigenvalue weighted by molar-refractivity contribution is 7.99. The van der Waals surface area contributed by atoms with Gasteiger partial charge in [-0.25, -0.2) is 0 Å². The Kier molecular flexibility index (Phi) is 4.63. The van der Waals surface area contributed by atoms with E-state index in [1.54, 1.807) is 0 Å². The van der Waals surface area contributed by atoms with Crippen molar-refractivity contribution in [2.45, 2.75) is 38.4 Å². The molecular formula is C15H18N4OS2. The number of aryl methyl sites for hydroxylation is 1. The van der Waals surface area contributed by atoms with E-state index in [1.165, 1.54) is 16.9 Å². The van der Waals surface area contributed by atoms with E-state index in [0.717, 1.165) is 27.3 Å². The lowest BCUT2D eigenvalue weighted by Crippen LogP contribution is -1.99. The summed E-state index contributed by atoms with van der Waals surface area (Å²) >= 11 is 3.35. The van der Waals surface area contributed by atoms with E-state index in [4.69, 9.17) is 4.74 Å². The summed E-state index contributed by atoms with van der Waals surface area (Å²) in [7, 11) is 0. The van der Waals surface area contributed by atoms with Gasteiger partial charge in [0.2, 0.25) is 4.96 Å². The predicted molar refractivity (Wildman–Crippen MR) is 90.6 cm³/mol. The van der Waals surface area contributed by atoms with Gasteiger partial charge in [-0.2, -0.15) is 21.4 Å². The Balaban J connectivity index is 1.68. The van der Waals surface area contributed by atoms with Gasteiger partial charge < -0.3 is 4.74 Å². The number of fused-ring (bicyclic) bond motifs is 1. The Bertz CT molecular complexity index is 749. The van der Waals surface area contributed by atoms with Crippen LogP contribution in [0.25, 0.3) is 4.96 Å².